The summed E-state index contributed by atoms with van der Waals surface area (Å²) < 4.78 is 1.13. The molecule has 16 heavy (non-hydrogen) atoms. The number of rotatable bonds is 4. The summed E-state index contributed by atoms with van der Waals surface area (Å²) in [5.41, 5.74) is 6.66. The van der Waals surface area contributed by atoms with Gasteiger partial charge in [0.15, 0.2) is 0 Å². The highest BCUT2D eigenvalue weighted by Crippen LogP contribution is 2.29. The van der Waals surface area contributed by atoms with Gasteiger partial charge < -0.3 is 11.1 Å². The maximum absolute atomic E-state index is 5.48. The van der Waals surface area contributed by atoms with Crippen molar-refractivity contribution in [3.63, 3.8) is 0 Å². The number of fused-ring (bicyclic) bond motifs is 1. The fraction of sp³-hybridized carbons (Fsp3) is 0.231. The Labute approximate surface area is 104 Å². The molecule has 3 heteroatoms. The van der Waals surface area contributed by atoms with Crippen molar-refractivity contribution in [3.05, 3.63) is 40.9 Å². The summed E-state index contributed by atoms with van der Waals surface area (Å²) in [6, 6.07) is 12.5. The van der Waals surface area contributed by atoms with Crippen LogP contribution in [0.4, 0.5) is 5.69 Å². The van der Waals surface area contributed by atoms with E-state index in [1.54, 1.807) is 0 Å². The predicted octanol–water partition coefficient (Wildman–Crippen LogP) is 3.36. The summed E-state index contributed by atoms with van der Waals surface area (Å²) in [6.45, 7) is 1.64. The lowest BCUT2D eigenvalue weighted by molar-refractivity contribution is 0.875. The van der Waals surface area contributed by atoms with Gasteiger partial charge in [-0.1, -0.05) is 40.2 Å². The second-order valence-corrected chi connectivity index (χ2v) is 4.56. The lowest BCUT2D eigenvalue weighted by Crippen LogP contribution is -2.08. The molecule has 0 aliphatic carbocycles. The van der Waals surface area contributed by atoms with Crippen molar-refractivity contribution in [1.29, 1.82) is 0 Å². The predicted molar refractivity (Wildman–Crippen MR) is 73.8 cm³/mol. The van der Waals surface area contributed by atoms with Gasteiger partial charge in [-0.2, -0.15) is 0 Å². The Morgan fingerprint density at radius 1 is 1.06 bits per heavy atom. The third-order valence-electron chi connectivity index (χ3n) is 2.57. The second-order valence-electron chi connectivity index (χ2n) is 3.71. The van der Waals surface area contributed by atoms with Crippen molar-refractivity contribution in [2.24, 2.45) is 5.73 Å². The second kappa shape index (κ2) is 5.32. The molecule has 2 nitrogen and oxygen atoms in total. The molecule has 0 aliphatic rings. The number of hydrogen-bond acceptors (Lipinski definition) is 2. The maximum Gasteiger partial charge on any atom is 0.0420 e. The molecule has 0 saturated carbocycles. The number of nitrogens with one attached hydrogen (secondary N) is 1. The summed E-state index contributed by atoms with van der Waals surface area (Å²) in [5, 5.41) is 5.90. The molecule has 0 aliphatic heterocycles. The van der Waals surface area contributed by atoms with Crippen molar-refractivity contribution in [2.75, 3.05) is 18.4 Å². The van der Waals surface area contributed by atoms with E-state index in [0.29, 0.717) is 0 Å². The standard InChI is InChI=1S/C13H15BrN2/c14-12-6-7-13(16-9-3-8-15)11-5-2-1-4-10(11)12/h1-2,4-7,16H,3,8-9,15H2. The van der Waals surface area contributed by atoms with Gasteiger partial charge in [0.05, 0.1) is 0 Å². The van der Waals surface area contributed by atoms with Gasteiger partial charge in [-0.05, 0) is 30.5 Å². The molecule has 0 unspecified atom stereocenters. The average Bonchev–Trinajstić information content (AvgIpc) is 2.33. The van der Waals surface area contributed by atoms with Crippen LogP contribution in [0, 0.1) is 0 Å². The zero-order chi connectivity index (χ0) is 11.4. The van der Waals surface area contributed by atoms with Gasteiger partial charge in [0.1, 0.15) is 0 Å². The average molecular weight is 279 g/mol. The van der Waals surface area contributed by atoms with Gasteiger partial charge in [0, 0.05) is 22.1 Å². The fourth-order valence-electron chi connectivity index (χ4n) is 1.74. The third-order valence-corrected chi connectivity index (χ3v) is 3.26. The minimum absolute atomic E-state index is 0.724. The molecule has 2 rings (SSSR count). The third kappa shape index (κ3) is 2.36. The van der Waals surface area contributed by atoms with E-state index < -0.39 is 0 Å². The van der Waals surface area contributed by atoms with Crippen LogP contribution in [-0.4, -0.2) is 13.1 Å². The Bertz CT molecular complexity index is 482. The van der Waals surface area contributed by atoms with Crippen molar-refractivity contribution in [2.45, 2.75) is 6.42 Å². The highest BCUT2D eigenvalue weighted by atomic mass is 79.9. The molecule has 0 bridgehead atoms. The van der Waals surface area contributed by atoms with E-state index in [1.165, 1.54) is 16.5 Å². The molecule has 0 atom stereocenters. The monoisotopic (exact) mass is 278 g/mol. The lowest BCUT2D eigenvalue weighted by atomic mass is 10.1. The van der Waals surface area contributed by atoms with Crippen LogP contribution in [0.2, 0.25) is 0 Å². The Morgan fingerprint density at radius 3 is 2.56 bits per heavy atom. The zero-order valence-electron chi connectivity index (χ0n) is 9.04. The molecule has 0 radical (unpaired) electrons. The molecule has 0 amide bonds. The number of anilines is 1. The highest BCUT2D eigenvalue weighted by molar-refractivity contribution is 9.10. The van der Waals surface area contributed by atoms with Crippen LogP contribution in [0.1, 0.15) is 6.42 Å². The summed E-state index contributed by atoms with van der Waals surface area (Å²) in [5.74, 6) is 0. The first-order chi connectivity index (χ1) is 7.83. The van der Waals surface area contributed by atoms with Crippen molar-refractivity contribution in [3.8, 4) is 0 Å². The van der Waals surface area contributed by atoms with Crippen LogP contribution in [0.5, 0.6) is 0 Å². The maximum atomic E-state index is 5.48. The summed E-state index contributed by atoms with van der Waals surface area (Å²) in [4.78, 5) is 0. The number of nitrogens with two attached hydrogens (primary N) is 1. The molecular weight excluding hydrogens is 264 g/mol. The Hall–Kier alpha value is -1.06. The minimum atomic E-state index is 0.724. The lowest BCUT2D eigenvalue weighted by Gasteiger charge is -2.10. The van der Waals surface area contributed by atoms with Crippen LogP contribution in [0.25, 0.3) is 10.8 Å². The van der Waals surface area contributed by atoms with Crippen molar-refractivity contribution >= 4 is 32.4 Å². The quantitative estimate of drug-likeness (QED) is 0.842. The first kappa shape index (κ1) is 11.4. The molecule has 0 heterocycles. The molecule has 0 spiro atoms. The van der Waals surface area contributed by atoms with Crippen LogP contribution in [0.15, 0.2) is 40.9 Å². The van der Waals surface area contributed by atoms with Gasteiger partial charge in [-0.25, -0.2) is 0 Å². The van der Waals surface area contributed by atoms with Crippen LogP contribution in [0.3, 0.4) is 0 Å². The zero-order valence-corrected chi connectivity index (χ0v) is 10.6. The fourth-order valence-corrected chi connectivity index (χ4v) is 2.22. The largest absolute Gasteiger partial charge is 0.384 e. The molecule has 0 saturated heterocycles. The van der Waals surface area contributed by atoms with Gasteiger partial charge in [-0.3, -0.25) is 0 Å². The molecule has 84 valence electrons. The van der Waals surface area contributed by atoms with E-state index in [0.717, 1.165) is 24.0 Å². The molecule has 3 N–H and O–H groups in total. The van der Waals surface area contributed by atoms with Gasteiger partial charge in [0.25, 0.3) is 0 Å². The van der Waals surface area contributed by atoms with Gasteiger partial charge >= 0.3 is 0 Å². The summed E-state index contributed by atoms with van der Waals surface area (Å²) in [7, 11) is 0. The van der Waals surface area contributed by atoms with E-state index >= 15 is 0 Å². The topological polar surface area (TPSA) is 38.0 Å². The normalized spacial score (nSPS) is 10.6. The van der Waals surface area contributed by atoms with Crippen LogP contribution >= 0.6 is 15.9 Å². The van der Waals surface area contributed by atoms with E-state index in [-0.39, 0.29) is 0 Å². The Kier molecular flexibility index (Phi) is 3.80. The number of halogens is 1. The number of benzene rings is 2. The van der Waals surface area contributed by atoms with Crippen LogP contribution < -0.4 is 11.1 Å². The molecule has 0 fully saturated rings. The minimum Gasteiger partial charge on any atom is -0.384 e. The van der Waals surface area contributed by atoms with Crippen molar-refractivity contribution < 1.29 is 0 Å². The molecule has 0 aromatic heterocycles. The van der Waals surface area contributed by atoms with Gasteiger partial charge in [-0.15, -0.1) is 0 Å². The highest BCUT2D eigenvalue weighted by Gasteiger charge is 2.02. The van der Waals surface area contributed by atoms with Crippen molar-refractivity contribution in [1.82, 2.24) is 0 Å². The summed E-state index contributed by atoms with van der Waals surface area (Å²) in [6.07, 6.45) is 0.990. The molecule has 2 aromatic carbocycles. The summed E-state index contributed by atoms with van der Waals surface area (Å²) >= 11 is 3.57. The smallest absolute Gasteiger partial charge is 0.0420 e. The molecule has 2 aromatic rings. The van der Waals surface area contributed by atoms with Gasteiger partial charge in [0.2, 0.25) is 0 Å². The van der Waals surface area contributed by atoms with E-state index in [9.17, 15) is 0 Å². The number of hydrogen-bond donors (Lipinski definition) is 2. The Balaban J connectivity index is 2.35. The van der Waals surface area contributed by atoms with Crippen LogP contribution in [-0.2, 0) is 0 Å². The SMILES string of the molecule is NCCCNc1ccc(Br)c2ccccc12. The van der Waals surface area contributed by atoms with E-state index in [1.807, 2.05) is 0 Å². The Morgan fingerprint density at radius 2 is 1.81 bits per heavy atom. The van der Waals surface area contributed by atoms with E-state index in [4.69, 9.17) is 5.73 Å². The first-order valence-electron chi connectivity index (χ1n) is 5.44. The molecular formula is C13H15BrN2. The first-order valence-corrected chi connectivity index (χ1v) is 6.23. The van der Waals surface area contributed by atoms with E-state index in [2.05, 4.69) is 57.6 Å².